The van der Waals surface area contributed by atoms with Crippen LogP contribution in [0.1, 0.15) is 40.7 Å². The van der Waals surface area contributed by atoms with Crippen molar-refractivity contribution in [2.24, 2.45) is 0 Å². The molecule has 2 aliphatic heterocycles. The number of carbonyl (C=O) groups is 2. The van der Waals surface area contributed by atoms with Crippen LogP contribution in [0.5, 0.6) is 0 Å². The highest BCUT2D eigenvalue weighted by molar-refractivity contribution is 5.95. The van der Waals surface area contributed by atoms with E-state index in [1.54, 1.807) is 6.20 Å². The Morgan fingerprint density at radius 1 is 1.00 bits per heavy atom. The second kappa shape index (κ2) is 9.71. The van der Waals surface area contributed by atoms with Crippen LogP contribution in [0.2, 0.25) is 0 Å². The molecule has 1 atom stereocenters. The molecule has 2 amide bonds. The van der Waals surface area contributed by atoms with Crippen molar-refractivity contribution in [2.45, 2.75) is 37.8 Å². The lowest BCUT2D eigenvalue weighted by atomic mass is 9.95. The molecule has 2 fully saturated rings. The van der Waals surface area contributed by atoms with Gasteiger partial charge in [-0.3, -0.25) is 9.48 Å². The molecule has 3 heterocycles. The van der Waals surface area contributed by atoms with Gasteiger partial charge in [0.2, 0.25) is 0 Å². The maximum atomic E-state index is 13.5. The molecule has 0 aliphatic carbocycles. The number of likely N-dealkylation sites (tertiary alicyclic amines) is 1. The molecule has 0 unspecified atom stereocenters. The largest absolute Gasteiger partial charge is 0.441 e. The molecule has 7 heteroatoms. The number of ether oxygens (including phenoxy) is 1. The number of amides is 2. The number of hydrogen-bond donors (Lipinski definition) is 0. The molecule has 0 N–H and O–H groups in total. The fourth-order valence-corrected chi connectivity index (χ4v) is 5.01. The van der Waals surface area contributed by atoms with Gasteiger partial charge in [-0.2, -0.15) is 5.10 Å². The van der Waals surface area contributed by atoms with Crippen molar-refractivity contribution in [3.05, 3.63) is 89.7 Å². The fourth-order valence-electron chi connectivity index (χ4n) is 5.01. The van der Waals surface area contributed by atoms with E-state index in [1.165, 1.54) is 5.56 Å². The topological polar surface area (TPSA) is 67.7 Å². The van der Waals surface area contributed by atoms with Crippen LogP contribution in [0.4, 0.5) is 4.79 Å². The summed E-state index contributed by atoms with van der Waals surface area (Å²) < 4.78 is 7.76. The van der Waals surface area contributed by atoms with E-state index in [1.807, 2.05) is 69.2 Å². The van der Waals surface area contributed by atoms with Gasteiger partial charge in [-0.1, -0.05) is 48.5 Å². The fraction of sp³-hybridized carbons (Fsp3) is 0.370. The lowest BCUT2D eigenvalue weighted by molar-refractivity contribution is 0.0438. The minimum absolute atomic E-state index is 0.0325. The average molecular weight is 459 g/mol. The van der Waals surface area contributed by atoms with Crippen molar-refractivity contribution in [3.8, 4) is 0 Å². The Morgan fingerprint density at radius 2 is 1.82 bits per heavy atom. The highest BCUT2D eigenvalue weighted by Gasteiger charge is 2.46. The number of carbonyl (C=O) groups excluding carboxylic acids is 2. The summed E-state index contributed by atoms with van der Waals surface area (Å²) in [6.45, 7) is 3.04. The SMILES string of the molecule is O=C1O[C@]2(CCCN(C(=O)c3ccccc3Cn3cccn3)CC2)CN1CCc1ccccc1. The highest BCUT2D eigenvalue weighted by atomic mass is 16.6. The molecule has 0 bridgehead atoms. The van der Waals surface area contributed by atoms with Crippen LogP contribution >= 0.6 is 0 Å². The van der Waals surface area contributed by atoms with Crippen LogP contribution in [0.25, 0.3) is 0 Å². The van der Waals surface area contributed by atoms with Gasteiger partial charge in [0, 0.05) is 44.0 Å². The first-order valence-electron chi connectivity index (χ1n) is 12.0. The maximum Gasteiger partial charge on any atom is 0.410 e. The van der Waals surface area contributed by atoms with Crippen LogP contribution in [0.15, 0.2) is 73.1 Å². The summed E-state index contributed by atoms with van der Waals surface area (Å²) in [5.41, 5.74) is 2.37. The Balaban J connectivity index is 1.23. The maximum absolute atomic E-state index is 13.5. The summed E-state index contributed by atoms with van der Waals surface area (Å²) in [5, 5.41) is 4.27. The molecular weight excluding hydrogens is 428 g/mol. The predicted molar refractivity (Wildman–Crippen MR) is 128 cm³/mol. The van der Waals surface area contributed by atoms with Gasteiger partial charge < -0.3 is 14.5 Å². The minimum Gasteiger partial charge on any atom is -0.441 e. The van der Waals surface area contributed by atoms with E-state index in [0.29, 0.717) is 44.7 Å². The zero-order valence-corrected chi connectivity index (χ0v) is 19.3. The number of rotatable bonds is 6. The van der Waals surface area contributed by atoms with E-state index >= 15 is 0 Å². The summed E-state index contributed by atoms with van der Waals surface area (Å²) in [6.07, 6.45) is 6.46. The summed E-state index contributed by atoms with van der Waals surface area (Å²) in [5.74, 6) is 0.0325. The first-order chi connectivity index (χ1) is 16.6. The molecule has 176 valence electrons. The molecule has 1 aromatic heterocycles. The Morgan fingerprint density at radius 3 is 2.65 bits per heavy atom. The van der Waals surface area contributed by atoms with Crippen molar-refractivity contribution in [3.63, 3.8) is 0 Å². The van der Waals surface area contributed by atoms with Gasteiger partial charge in [0.25, 0.3) is 5.91 Å². The molecule has 1 spiro atoms. The molecule has 2 saturated heterocycles. The van der Waals surface area contributed by atoms with Crippen LogP contribution < -0.4 is 0 Å². The number of aromatic nitrogens is 2. The van der Waals surface area contributed by atoms with Crippen LogP contribution in [-0.2, 0) is 17.7 Å². The van der Waals surface area contributed by atoms with Crippen LogP contribution in [-0.4, -0.2) is 63.4 Å². The zero-order valence-electron chi connectivity index (χ0n) is 19.3. The number of hydrogen-bond acceptors (Lipinski definition) is 4. The van der Waals surface area contributed by atoms with Crippen LogP contribution in [0.3, 0.4) is 0 Å². The Kier molecular flexibility index (Phi) is 6.34. The quantitative estimate of drug-likeness (QED) is 0.560. The summed E-state index contributed by atoms with van der Waals surface area (Å²) in [4.78, 5) is 29.8. The van der Waals surface area contributed by atoms with Gasteiger partial charge in [0.15, 0.2) is 0 Å². The Labute approximate surface area is 199 Å². The number of nitrogens with zero attached hydrogens (tertiary/aromatic N) is 4. The molecule has 0 radical (unpaired) electrons. The Bertz CT molecular complexity index is 1130. The average Bonchev–Trinajstić information content (AvgIpc) is 3.42. The third-order valence-corrected chi connectivity index (χ3v) is 6.88. The van der Waals surface area contributed by atoms with Crippen LogP contribution in [0, 0.1) is 0 Å². The normalized spacial score (nSPS) is 20.4. The molecule has 2 aromatic carbocycles. The third kappa shape index (κ3) is 4.83. The molecule has 3 aromatic rings. The van der Waals surface area contributed by atoms with Gasteiger partial charge >= 0.3 is 6.09 Å². The number of benzene rings is 2. The molecule has 2 aliphatic rings. The third-order valence-electron chi connectivity index (χ3n) is 6.88. The summed E-state index contributed by atoms with van der Waals surface area (Å²) >= 11 is 0. The monoisotopic (exact) mass is 458 g/mol. The molecule has 0 saturated carbocycles. The van der Waals surface area contributed by atoms with Crippen molar-refractivity contribution < 1.29 is 14.3 Å². The first kappa shape index (κ1) is 22.2. The van der Waals surface area contributed by atoms with E-state index in [9.17, 15) is 9.59 Å². The van der Waals surface area contributed by atoms with Gasteiger partial charge in [-0.15, -0.1) is 0 Å². The minimum atomic E-state index is -0.503. The summed E-state index contributed by atoms with van der Waals surface area (Å²) in [6, 6.07) is 19.8. The lowest BCUT2D eigenvalue weighted by Gasteiger charge is -2.26. The van der Waals surface area contributed by atoms with Crippen molar-refractivity contribution in [1.29, 1.82) is 0 Å². The second-order valence-electron chi connectivity index (χ2n) is 9.21. The molecule has 7 nitrogen and oxygen atoms in total. The molecule has 5 rings (SSSR count). The van der Waals surface area contributed by atoms with Gasteiger partial charge in [-0.05, 0) is 42.5 Å². The van der Waals surface area contributed by atoms with Crippen molar-refractivity contribution >= 4 is 12.0 Å². The van der Waals surface area contributed by atoms with Crippen molar-refractivity contribution in [1.82, 2.24) is 19.6 Å². The standard InChI is InChI=1S/C27H30N4O3/c32-25(24-11-5-4-10-23(24)20-31-17-7-15-28-31)29-16-6-13-27(14-19-29)21-30(26(33)34-27)18-12-22-8-2-1-3-9-22/h1-5,7-11,15,17H,6,12-14,16,18-21H2/t27-/m0/s1. The van der Waals surface area contributed by atoms with E-state index in [2.05, 4.69) is 17.2 Å². The summed E-state index contributed by atoms with van der Waals surface area (Å²) in [7, 11) is 0. The van der Waals surface area contributed by atoms with E-state index in [-0.39, 0.29) is 12.0 Å². The van der Waals surface area contributed by atoms with Gasteiger partial charge in [0.05, 0.1) is 13.1 Å². The van der Waals surface area contributed by atoms with E-state index in [4.69, 9.17) is 4.74 Å². The second-order valence-corrected chi connectivity index (χ2v) is 9.21. The predicted octanol–water partition coefficient (Wildman–Crippen LogP) is 3.99. The smallest absolute Gasteiger partial charge is 0.410 e. The Hall–Kier alpha value is -3.61. The zero-order chi connectivity index (χ0) is 23.4. The first-order valence-corrected chi connectivity index (χ1v) is 12.0. The van der Waals surface area contributed by atoms with Crippen molar-refractivity contribution in [2.75, 3.05) is 26.2 Å². The van der Waals surface area contributed by atoms with E-state index in [0.717, 1.165) is 24.8 Å². The lowest BCUT2D eigenvalue weighted by Crippen LogP contribution is -2.37. The van der Waals surface area contributed by atoms with E-state index < -0.39 is 5.60 Å². The molecule has 34 heavy (non-hydrogen) atoms. The molecular formula is C27H30N4O3. The highest BCUT2D eigenvalue weighted by Crippen LogP contribution is 2.34. The van der Waals surface area contributed by atoms with Gasteiger partial charge in [0.1, 0.15) is 5.60 Å². The van der Waals surface area contributed by atoms with Gasteiger partial charge in [-0.25, -0.2) is 4.79 Å².